The molecule has 1 atom stereocenters. The first-order chi connectivity index (χ1) is 15.4. The van der Waals surface area contributed by atoms with Gasteiger partial charge in [0.2, 0.25) is 5.43 Å². The molecule has 0 aliphatic carbocycles. The minimum Gasteiger partial charge on any atom is -0.487 e. The molecule has 1 unspecified atom stereocenters. The number of nitrogens with one attached hydrogen (secondary N) is 1. The highest BCUT2D eigenvalue weighted by atomic mass is 19.1. The molecule has 1 saturated heterocycles. The highest BCUT2D eigenvalue weighted by molar-refractivity contribution is 6.03. The monoisotopic (exact) mass is 442 g/mol. The number of carboxylic acids is 1. The number of benzene rings is 1. The van der Waals surface area contributed by atoms with Gasteiger partial charge in [-0.25, -0.2) is 9.18 Å². The molecule has 11 heteroatoms. The number of halogens is 1. The van der Waals surface area contributed by atoms with Gasteiger partial charge >= 0.3 is 5.97 Å². The van der Waals surface area contributed by atoms with E-state index in [0.717, 1.165) is 6.42 Å². The van der Waals surface area contributed by atoms with Gasteiger partial charge in [-0.1, -0.05) is 0 Å². The molecule has 0 radical (unpaired) electrons. The van der Waals surface area contributed by atoms with Crippen molar-refractivity contribution >= 4 is 41.2 Å². The second-order valence-electron chi connectivity index (χ2n) is 7.50. The number of carbonyl (C=O) groups is 1. The van der Waals surface area contributed by atoms with E-state index in [-0.39, 0.29) is 35.2 Å². The smallest absolute Gasteiger partial charge is 0.341 e. The maximum atomic E-state index is 15.4. The van der Waals surface area contributed by atoms with Gasteiger partial charge in [-0.2, -0.15) is 0 Å². The number of pyridine rings is 1. The third-order valence-electron chi connectivity index (χ3n) is 5.59. The molecule has 0 amide bonds. The molecule has 3 heterocycles. The van der Waals surface area contributed by atoms with E-state index in [1.54, 1.807) is 16.9 Å². The maximum absolute atomic E-state index is 15.4. The molecule has 1 fully saturated rings. The Morgan fingerprint density at radius 2 is 2.28 bits per heavy atom. The van der Waals surface area contributed by atoms with Gasteiger partial charge in [-0.15, -0.1) is 0 Å². The van der Waals surface area contributed by atoms with Gasteiger partial charge in [0.15, 0.2) is 11.6 Å². The summed E-state index contributed by atoms with van der Waals surface area (Å²) < 4.78 is 22.8. The Hall–Kier alpha value is -3.73. The highest BCUT2D eigenvalue weighted by Crippen LogP contribution is 2.44. The minimum absolute atomic E-state index is 0.0670. The molecular weight excluding hydrogens is 419 g/mol. The third kappa shape index (κ3) is 3.71. The number of ether oxygens (including phenoxy) is 1. The molecular formula is C21H23FN6O4. The van der Waals surface area contributed by atoms with Crippen LogP contribution >= 0.6 is 0 Å². The summed E-state index contributed by atoms with van der Waals surface area (Å²) in [5.74, 6) is -1.95. The number of anilines is 2. The largest absolute Gasteiger partial charge is 0.487 e. The summed E-state index contributed by atoms with van der Waals surface area (Å²) in [7, 11) is 0. The highest BCUT2D eigenvalue weighted by Gasteiger charge is 2.33. The summed E-state index contributed by atoms with van der Waals surface area (Å²) >= 11 is 0. The third-order valence-corrected chi connectivity index (χ3v) is 5.59. The van der Waals surface area contributed by atoms with Crippen molar-refractivity contribution < 1.29 is 19.0 Å². The molecule has 0 saturated carbocycles. The first-order valence-electron chi connectivity index (χ1n) is 10.1. The number of rotatable bonds is 7. The first-order valence-corrected chi connectivity index (χ1v) is 10.1. The second kappa shape index (κ2) is 8.79. The fourth-order valence-electron chi connectivity index (χ4n) is 4.13. The van der Waals surface area contributed by atoms with E-state index >= 15 is 4.39 Å². The Bertz CT molecular complexity index is 1210. The molecule has 32 heavy (non-hydrogen) atoms. The van der Waals surface area contributed by atoms with Gasteiger partial charge in [0, 0.05) is 37.7 Å². The Labute approximate surface area is 182 Å². The van der Waals surface area contributed by atoms with Crippen LogP contribution in [0.1, 0.15) is 16.8 Å². The van der Waals surface area contributed by atoms with E-state index in [4.69, 9.17) is 10.5 Å². The Morgan fingerprint density at radius 3 is 3.03 bits per heavy atom. The van der Waals surface area contributed by atoms with Gasteiger partial charge in [0.05, 0.1) is 29.8 Å². The lowest BCUT2D eigenvalue weighted by Gasteiger charge is -2.29. The minimum atomic E-state index is -1.38. The topological polar surface area (TPSA) is 135 Å². The van der Waals surface area contributed by atoms with Crippen LogP contribution in [0.4, 0.5) is 15.8 Å². The number of aromatic nitrogens is 1. The van der Waals surface area contributed by atoms with Gasteiger partial charge in [-0.3, -0.25) is 20.1 Å². The fourth-order valence-corrected chi connectivity index (χ4v) is 4.13. The van der Waals surface area contributed by atoms with Crippen molar-refractivity contribution in [2.45, 2.75) is 19.0 Å². The van der Waals surface area contributed by atoms with Crippen molar-refractivity contribution in [2.75, 3.05) is 37.0 Å². The number of hydrogen-bond donors (Lipinski definition) is 3. The molecule has 2 aliphatic heterocycles. The molecule has 0 spiro atoms. The Morgan fingerprint density at radius 1 is 1.47 bits per heavy atom. The summed E-state index contributed by atoms with van der Waals surface area (Å²) in [6, 6.07) is 0.0670. The predicted molar refractivity (Wildman–Crippen MR) is 121 cm³/mol. The Kier molecular flexibility index (Phi) is 5.91. The molecule has 10 nitrogen and oxygen atoms in total. The van der Waals surface area contributed by atoms with E-state index in [1.807, 2.05) is 4.90 Å². The van der Waals surface area contributed by atoms with Crippen molar-refractivity contribution in [1.29, 1.82) is 0 Å². The molecule has 0 bridgehead atoms. The summed E-state index contributed by atoms with van der Waals surface area (Å²) in [6.45, 7) is 5.32. The van der Waals surface area contributed by atoms with Crippen LogP contribution in [-0.4, -0.2) is 61.0 Å². The fraction of sp³-hybridized carbons (Fsp3) is 0.333. The number of aliphatic imine (C=N–C) groups is 2. The number of nitrogen functional groups attached to an aromatic ring is 1. The lowest BCUT2D eigenvalue weighted by Crippen LogP contribution is -2.33. The van der Waals surface area contributed by atoms with Crippen molar-refractivity contribution in [3.63, 3.8) is 0 Å². The normalized spacial score (nSPS) is 18.0. The van der Waals surface area contributed by atoms with Crippen LogP contribution in [0.2, 0.25) is 0 Å². The zero-order valence-electron chi connectivity index (χ0n) is 17.3. The standard InChI is InChI=1S/C21H23FN6O4/c1-24-4-2-5-25-11-26-12-3-6-27(9-12)18-15(22)16(23)14-17-20(18)32-8-7-28(17)10-13(19(14)29)21(30)31/h2,4-5,10,12,26H,1,3,6-9,11,23H2,(H,30,31)/b4-2-,25-5-. The summed E-state index contributed by atoms with van der Waals surface area (Å²) in [6.07, 6.45) is 6.82. The van der Waals surface area contributed by atoms with E-state index in [2.05, 4.69) is 22.0 Å². The quantitative estimate of drug-likeness (QED) is 0.434. The number of aromatic carboxylic acids is 1. The second-order valence-corrected chi connectivity index (χ2v) is 7.50. The van der Waals surface area contributed by atoms with Crippen LogP contribution in [0.25, 0.3) is 10.9 Å². The van der Waals surface area contributed by atoms with Gasteiger partial charge < -0.3 is 25.0 Å². The van der Waals surface area contributed by atoms with E-state index in [0.29, 0.717) is 31.8 Å². The summed E-state index contributed by atoms with van der Waals surface area (Å²) in [4.78, 5) is 33.8. The predicted octanol–water partition coefficient (Wildman–Crippen LogP) is 1.22. The van der Waals surface area contributed by atoms with Crippen LogP contribution in [0.15, 0.2) is 33.3 Å². The summed E-state index contributed by atoms with van der Waals surface area (Å²) in [5.41, 5.74) is 4.91. The SMILES string of the molecule is C=N/C=C\C=N/CNC1CCN(c2c(F)c(N)c3c(=O)c(C(=O)O)cn4c3c2OCC4)C1. The number of nitrogens with two attached hydrogens (primary N) is 1. The van der Waals surface area contributed by atoms with Crippen molar-refractivity contribution in [3.8, 4) is 5.75 Å². The lowest BCUT2D eigenvalue weighted by atomic mass is 10.0. The van der Waals surface area contributed by atoms with Crippen molar-refractivity contribution in [2.24, 2.45) is 9.98 Å². The molecule has 2 aromatic rings. The number of nitrogens with zero attached hydrogens (tertiary/aromatic N) is 4. The van der Waals surface area contributed by atoms with Crippen molar-refractivity contribution in [1.82, 2.24) is 9.88 Å². The van der Waals surface area contributed by atoms with Crippen LogP contribution in [0.3, 0.4) is 0 Å². The molecule has 168 valence electrons. The average molecular weight is 442 g/mol. The zero-order valence-corrected chi connectivity index (χ0v) is 17.3. The maximum Gasteiger partial charge on any atom is 0.341 e. The zero-order chi connectivity index (χ0) is 22.8. The molecule has 4 N–H and O–H groups in total. The van der Waals surface area contributed by atoms with E-state index in [9.17, 15) is 14.7 Å². The first kappa shape index (κ1) is 21.5. The van der Waals surface area contributed by atoms with Gasteiger partial charge in [0.25, 0.3) is 0 Å². The number of allylic oxidation sites excluding steroid dienone is 1. The van der Waals surface area contributed by atoms with E-state index < -0.39 is 22.8 Å². The van der Waals surface area contributed by atoms with Crippen molar-refractivity contribution in [3.05, 3.63) is 40.1 Å². The van der Waals surface area contributed by atoms with Crippen LogP contribution < -0.4 is 26.1 Å². The molecule has 1 aromatic carbocycles. The average Bonchev–Trinajstić information content (AvgIpc) is 3.23. The van der Waals surface area contributed by atoms with Crippen LogP contribution in [0.5, 0.6) is 5.75 Å². The van der Waals surface area contributed by atoms with E-state index in [1.165, 1.54) is 12.4 Å². The number of carboxylic acid groups (broad SMARTS) is 1. The molecule has 1 aromatic heterocycles. The molecule has 4 rings (SSSR count). The van der Waals surface area contributed by atoms with Gasteiger partial charge in [0.1, 0.15) is 17.9 Å². The molecule has 2 aliphatic rings. The summed E-state index contributed by atoms with van der Waals surface area (Å²) in [5, 5.41) is 12.5. The van der Waals surface area contributed by atoms with Crippen LogP contribution in [-0.2, 0) is 6.54 Å². The van der Waals surface area contributed by atoms with Crippen LogP contribution in [0, 0.1) is 5.82 Å². The number of hydrogen-bond acceptors (Lipinski definition) is 8. The Balaban J connectivity index is 1.68. The van der Waals surface area contributed by atoms with Gasteiger partial charge in [-0.05, 0) is 19.2 Å². The lowest BCUT2D eigenvalue weighted by molar-refractivity contribution is 0.0694.